The van der Waals surface area contributed by atoms with Gasteiger partial charge in [0, 0.05) is 11.4 Å². The Bertz CT molecular complexity index is 951. The maximum Gasteiger partial charge on any atom is 0.237 e. The molecule has 1 amide bonds. The third-order valence-corrected chi connectivity index (χ3v) is 6.79. The van der Waals surface area contributed by atoms with Crippen molar-refractivity contribution < 1.29 is 9.53 Å². The van der Waals surface area contributed by atoms with Crippen molar-refractivity contribution >= 4 is 23.4 Å². The zero-order chi connectivity index (χ0) is 21.5. The van der Waals surface area contributed by atoms with Crippen LogP contribution < -0.4 is 5.32 Å². The minimum absolute atomic E-state index is 0.0469. The number of ether oxygens (including phenoxy) is 1. The molecular weight excluding hydrogens is 402 g/mol. The second-order valence-corrected chi connectivity index (χ2v) is 9.36. The van der Waals surface area contributed by atoms with Crippen molar-refractivity contribution in [1.82, 2.24) is 0 Å². The Labute approximate surface area is 189 Å². The normalized spacial score (nSPS) is 13.7. The Kier molecular flexibility index (Phi) is 7.44. The van der Waals surface area contributed by atoms with Crippen LogP contribution in [0.25, 0.3) is 0 Å². The average Bonchev–Trinajstić information content (AvgIpc) is 3.28. The second-order valence-electron chi connectivity index (χ2n) is 7.91. The number of nitrogens with one attached hydrogen (secondary N) is 1. The summed E-state index contributed by atoms with van der Waals surface area (Å²) in [5, 5.41) is 2.94. The van der Waals surface area contributed by atoms with E-state index in [9.17, 15) is 4.79 Å². The maximum absolute atomic E-state index is 12.6. The molecule has 0 saturated heterocycles. The van der Waals surface area contributed by atoms with Crippen molar-refractivity contribution in [3.8, 4) is 0 Å². The molecule has 3 aromatic carbocycles. The SMILES string of the molecule is CC(SCCOC(c1ccccc1)c1ccccc1)C(=O)Nc1ccc2c(c1)CCC2. The predicted octanol–water partition coefficient (Wildman–Crippen LogP) is 6.04. The summed E-state index contributed by atoms with van der Waals surface area (Å²) in [4.78, 5) is 12.6. The lowest BCUT2D eigenvalue weighted by Gasteiger charge is -2.19. The summed E-state index contributed by atoms with van der Waals surface area (Å²) in [7, 11) is 0. The molecule has 0 fully saturated rings. The van der Waals surface area contributed by atoms with Crippen molar-refractivity contribution in [3.63, 3.8) is 0 Å². The van der Waals surface area contributed by atoms with Gasteiger partial charge in [0.05, 0.1) is 11.9 Å². The molecule has 1 aliphatic carbocycles. The highest BCUT2D eigenvalue weighted by molar-refractivity contribution is 8.00. The van der Waals surface area contributed by atoms with Crippen molar-refractivity contribution in [3.05, 3.63) is 101 Å². The van der Waals surface area contributed by atoms with Gasteiger partial charge < -0.3 is 10.1 Å². The molecule has 1 unspecified atom stereocenters. The number of amides is 1. The minimum Gasteiger partial charge on any atom is -0.368 e. The first-order chi connectivity index (χ1) is 15.2. The van der Waals surface area contributed by atoms with Crippen LogP contribution in [0.4, 0.5) is 5.69 Å². The molecule has 0 aliphatic heterocycles. The van der Waals surface area contributed by atoms with Crippen LogP contribution in [0.2, 0.25) is 0 Å². The van der Waals surface area contributed by atoms with Crippen LogP contribution in [-0.4, -0.2) is 23.5 Å². The number of anilines is 1. The number of hydrogen-bond acceptors (Lipinski definition) is 3. The quantitative estimate of drug-likeness (QED) is 0.420. The Morgan fingerprint density at radius 2 is 1.58 bits per heavy atom. The molecule has 1 atom stereocenters. The fourth-order valence-electron chi connectivity index (χ4n) is 4.00. The van der Waals surface area contributed by atoms with Gasteiger partial charge in [0.25, 0.3) is 0 Å². The van der Waals surface area contributed by atoms with Crippen LogP contribution in [0.1, 0.15) is 41.7 Å². The smallest absolute Gasteiger partial charge is 0.237 e. The molecule has 3 nitrogen and oxygen atoms in total. The molecule has 0 spiro atoms. The van der Waals surface area contributed by atoms with Gasteiger partial charge in [-0.1, -0.05) is 66.7 Å². The van der Waals surface area contributed by atoms with E-state index in [0.29, 0.717) is 6.61 Å². The lowest BCUT2D eigenvalue weighted by atomic mass is 10.0. The van der Waals surface area contributed by atoms with E-state index in [-0.39, 0.29) is 17.3 Å². The number of rotatable bonds is 9. The third kappa shape index (κ3) is 5.78. The van der Waals surface area contributed by atoms with E-state index < -0.39 is 0 Å². The van der Waals surface area contributed by atoms with Gasteiger partial charge in [0.2, 0.25) is 5.91 Å². The van der Waals surface area contributed by atoms with Crippen LogP contribution in [0.5, 0.6) is 0 Å². The standard InChI is InChI=1S/C27H29NO2S/c1-20(27(29)28-25-16-15-21-13-8-14-24(21)19-25)31-18-17-30-26(22-9-4-2-5-10-22)23-11-6-3-7-12-23/h2-7,9-12,15-16,19-20,26H,8,13-14,17-18H2,1H3,(H,28,29). The molecule has 160 valence electrons. The molecule has 0 bridgehead atoms. The molecule has 0 saturated carbocycles. The van der Waals surface area contributed by atoms with E-state index in [2.05, 4.69) is 41.7 Å². The van der Waals surface area contributed by atoms with Crippen LogP contribution in [0.15, 0.2) is 78.9 Å². The Morgan fingerprint density at radius 3 is 2.26 bits per heavy atom. The summed E-state index contributed by atoms with van der Waals surface area (Å²) in [6.07, 6.45) is 3.39. The number of thioether (sulfide) groups is 1. The number of hydrogen-bond donors (Lipinski definition) is 1. The summed E-state index contributed by atoms with van der Waals surface area (Å²) >= 11 is 1.62. The number of aryl methyl sites for hydroxylation is 2. The first-order valence-electron chi connectivity index (χ1n) is 11.0. The van der Waals surface area contributed by atoms with Crippen molar-refractivity contribution in [1.29, 1.82) is 0 Å². The van der Waals surface area contributed by atoms with Gasteiger partial charge in [0.15, 0.2) is 0 Å². The Hall–Kier alpha value is -2.56. The van der Waals surface area contributed by atoms with Gasteiger partial charge >= 0.3 is 0 Å². The van der Waals surface area contributed by atoms with Crippen molar-refractivity contribution in [2.24, 2.45) is 0 Å². The third-order valence-electron chi connectivity index (χ3n) is 5.68. The molecule has 0 radical (unpaired) electrons. The molecule has 0 heterocycles. The minimum atomic E-state index is -0.135. The van der Waals surface area contributed by atoms with Crippen LogP contribution in [-0.2, 0) is 22.4 Å². The number of carbonyl (C=O) groups excluding carboxylic acids is 1. The largest absolute Gasteiger partial charge is 0.368 e. The summed E-state index contributed by atoms with van der Waals surface area (Å²) in [5.74, 6) is 0.806. The molecule has 4 heteroatoms. The molecular formula is C27H29NO2S. The highest BCUT2D eigenvalue weighted by atomic mass is 32.2. The van der Waals surface area contributed by atoms with Gasteiger partial charge in [0.1, 0.15) is 6.10 Å². The fraction of sp³-hybridized carbons (Fsp3) is 0.296. The summed E-state index contributed by atoms with van der Waals surface area (Å²) in [6.45, 7) is 2.54. The van der Waals surface area contributed by atoms with Crippen LogP contribution >= 0.6 is 11.8 Å². The van der Waals surface area contributed by atoms with E-state index >= 15 is 0 Å². The monoisotopic (exact) mass is 431 g/mol. The molecule has 3 aromatic rings. The van der Waals surface area contributed by atoms with E-state index in [1.165, 1.54) is 17.5 Å². The molecule has 4 rings (SSSR count). The first kappa shape index (κ1) is 21.7. The molecule has 1 aliphatic rings. The number of benzene rings is 3. The van der Waals surface area contributed by atoms with Gasteiger partial charge in [-0.25, -0.2) is 0 Å². The topological polar surface area (TPSA) is 38.3 Å². The fourth-order valence-corrected chi connectivity index (χ4v) is 4.76. The average molecular weight is 432 g/mol. The highest BCUT2D eigenvalue weighted by Crippen LogP contribution is 2.27. The van der Waals surface area contributed by atoms with E-state index in [1.54, 1.807) is 11.8 Å². The van der Waals surface area contributed by atoms with Crippen LogP contribution in [0.3, 0.4) is 0 Å². The lowest BCUT2D eigenvalue weighted by molar-refractivity contribution is -0.115. The Morgan fingerprint density at radius 1 is 0.935 bits per heavy atom. The van der Waals surface area contributed by atoms with Gasteiger partial charge in [-0.2, -0.15) is 0 Å². The van der Waals surface area contributed by atoms with Gasteiger partial charge in [-0.15, -0.1) is 11.8 Å². The number of carbonyl (C=O) groups is 1. The van der Waals surface area contributed by atoms with Gasteiger partial charge in [-0.05, 0) is 60.6 Å². The maximum atomic E-state index is 12.6. The molecule has 31 heavy (non-hydrogen) atoms. The number of fused-ring (bicyclic) bond motifs is 1. The summed E-state index contributed by atoms with van der Waals surface area (Å²) in [6, 6.07) is 26.9. The summed E-state index contributed by atoms with van der Waals surface area (Å²) < 4.78 is 6.26. The van der Waals surface area contributed by atoms with Crippen LogP contribution in [0, 0.1) is 0 Å². The van der Waals surface area contributed by atoms with Crippen molar-refractivity contribution in [2.75, 3.05) is 17.7 Å². The first-order valence-corrected chi connectivity index (χ1v) is 12.0. The van der Waals surface area contributed by atoms with E-state index in [4.69, 9.17) is 4.74 Å². The zero-order valence-electron chi connectivity index (χ0n) is 17.9. The summed E-state index contributed by atoms with van der Waals surface area (Å²) in [5.41, 5.74) is 5.98. The predicted molar refractivity (Wildman–Crippen MR) is 130 cm³/mol. The lowest BCUT2D eigenvalue weighted by Crippen LogP contribution is -2.23. The zero-order valence-corrected chi connectivity index (χ0v) is 18.7. The van der Waals surface area contributed by atoms with Crippen molar-refractivity contribution in [2.45, 2.75) is 37.5 Å². The van der Waals surface area contributed by atoms with E-state index in [1.807, 2.05) is 49.4 Å². The Balaban J connectivity index is 1.28. The van der Waals surface area contributed by atoms with E-state index in [0.717, 1.165) is 35.4 Å². The molecule has 0 aromatic heterocycles. The molecule has 1 N–H and O–H groups in total. The van der Waals surface area contributed by atoms with Gasteiger partial charge in [-0.3, -0.25) is 4.79 Å². The highest BCUT2D eigenvalue weighted by Gasteiger charge is 2.17. The second kappa shape index (κ2) is 10.7.